The first kappa shape index (κ1) is 16.5. The predicted molar refractivity (Wildman–Crippen MR) is 80.9 cm³/mol. The van der Waals surface area contributed by atoms with E-state index in [1.807, 2.05) is 42.5 Å². The van der Waals surface area contributed by atoms with Crippen LogP contribution in [0.15, 0.2) is 54.6 Å². The zero-order chi connectivity index (χ0) is 15.9. The average molecular weight is 304 g/mol. The summed E-state index contributed by atoms with van der Waals surface area (Å²) in [5, 5.41) is 36.5. The van der Waals surface area contributed by atoms with Crippen molar-refractivity contribution in [3.8, 4) is 5.75 Å². The Bertz CT molecular complexity index is 543. The minimum absolute atomic E-state index is 0.162. The van der Waals surface area contributed by atoms with Crippen LogP contribution in [-0.4, -0.2) is 33.0 Å². The summed E-state index contributed by atoms with van der Waals surface area (Å²) in [5.74, 6) is -0.245. The maximum atomic E-state index is 9.12. The molecule has 0 unspecified atom stereocenters. The lowest BCUT2D eigenvalue weighted by Crippen LogP contribution is -2.33. The van der Waals surface area contributed by atoms with Gasteiger partial charge in [0.05, 0.1) is 5.92 Å². The first-order chi connectivity index (χ1) is 10.6. The summed E-state index contributed by atoms with van der Waals surface area (Å²) in [6.45, 7) is 0.430. The van der Waals surface area contributed by atoms with Crippen LogP contribution in [0.25, 0.3) is 0 Å². The molecule has 0 aliphatic carbocycles. The van der Waals surface area contributed by atoms with Gasteiger partial charge in [0.25, 0.3) is 0 Å². The minimum Gasteiger partial charge on any atom is -0.489 e. The van der Waals surface area contributed by atoms with Crippen molar-refractivity contribution in [3.63, 3.8) is 0 Å². The number of benzene rings is 2. The molecule has 118 valence electrons. The molecular weight excluding hydrogens is 284 g/mol. The molecule has 5 heteroatoms. The second-order valence-corrected chi connectivity index (χ2v) is 5.11. The highest BCUT2D eigenvalue weighted by atomic mass is 16.5. The molecule has 0 spiro atoms. The number of aliphatic hydroxyl groups excluding tert-OH is 2. The molecule has 2 aromatic rings. The van der Waals surface area contributed by atoms with Gasteiger partial charge in [-0.1, -0.05) is 42.5 Å². The summed E-state index contributed by atoms with van der Waals surface area (Å²) in [6.07, 6.45) is -3.39. The fourth-order valence-corrected chi connectivity index (χ4v) is 2.09. The normalized spacial score (nSPS) is 11.4. The molecule has 22 heavy (non-hydrogen) atoms. The molecule has 0 saturated carbocycles. The second kappa shape index (κ2) is 7.91. The van der Waals surface area contributed by atoms with Crippen molar-refractivity contribution in [2.75, 3.05) is 0 Å². The summed E-state index contributed by atoms with van der Waals surface area (Å²) in [4.78, 5) is 0. The Hall–Kier alpha value is -1.92. The van der Waals surface area contributed by atoms with E-state index in [9.17, 15) is 0 Å². The van der Waals surface area contributed by atoms with Crippen LogP contribution in [0.3, 0.4) is 0 Å². The van der Waals surface area contributed by atoms with Gasteiger partial charge in [0.2, 0.25) is 0 Å². The van der Waals surface area contributed by atoms with Crippen LogP contribution in [0.5, 0.6) is 5.75 Å². The van der Waals surface area contributed by atoms with Gasteiger partial charge in [0.15, 0.2) is 12.6 Å². The Morgan fingerprint density at radius 1 is 0.727 bits per heavy atom. The Morgan fingerprint density at radius 2 is 1.27 bits per heavy atom. The molecule has 2 rings (SSSR count). The first-order valence-corrected chi connectivity index (χ1v) is 7.04. The molecule has 0 aromatic heterocycles. The molecule has 0 atom stereocenters. The molecule has 2 aromatic carbocycles. The SMILES string of the molecule is OC(O)C(Cc1ccc(COc2ccccc2)cc1)C(O)O. The van der Waals surface area contributed by atoms with E-state index in [0.29, 0.717) is 6.61 Å². The summed E-state index contributed by atoms with van der Waals surface area (Å²) in [5.41, 5.74) is 1.76. The smallest absolute Gasteiger partial charge is 0.159 e. The molecule has 0 aliphatic heterocycles. The van der Waals surface area contributed by atoms with E-state index in [4.69, 9.17) is 25.2 Å². The molecule has 5 nitrogen and oxygen atoms in total. The highest BCUT2D eigenvalue weighted by molar-refractivity contribution is 5.25. The van der Waals surface area contributed by atoms with Gasteiger partial charge < -0.3 is 25.2 Å². The predicted octanol–water partition coefficient (Wildman–Crippen LogP) is 1.05. The Labute approximate surface area is 129 Å². The number of hydrogen-bond acceptors (Lipinski definition) is 5. The second-order valence-electron chi connectivity index (χ2n) is 5.11. The van der Waals surface area contributed by atoms with Crippen LogP contribution in [0.4, 0.5) is 0 Å². The number of ether oxygens (including phenoxy) is 1. The number of para-hydroxylation sites is 1. The summed E-state index contributed by atoms with van der Waals surface area (Å²) >= 11 is 0. The number of aliphatic hydroxyl groups is 4. The van der Waals surface area contributed by atoms with Gasteiger partial charge in [-0.05, 0) is 29.7 Å². The van der Waals surface area contributed by atoms with Gasteiger partial charge >= 0.3 is 0 Å². The van der Waals surface area contributed by atoms with E-state index in [1.54, 1.807) is 12.1 Å². The van der Waals surface area contributed by atoms with Crippen molar-refractivity contribution < 1.29 is 25.2 Å². The quantitative estimate of drug-likeness (QED) is 0.574. The maximum Gasteiger partial charge on any atom is 0.159 e. The van der Waals surface area contributed by atoms with E-state index in [1.165, 1.54) is 0 Å². The van der Waals surface area contributed by atoms with E-state index in [0.717, 1.165) is 16.9 Å². The third kappa shape index (κ3) is 4.82. The van der Waals surface area contributed by atoms with Crippen molar-refractivity contribution in [3.05, 3.63) is 65.7 Å². The van der Waals surface area contributed by atoms with Crippen molar-refractivity contribution in [1.29, 1.82) is 0 Å². The molecule has 4 N–H and O–H groups in total. The lowest BCUT2D eigenvalue weighted by atomic mass is 9.97. The lowest BCUT2D eigenvalue weighted by molar-refractivity contribution is -0.177. The number of hydrogen-bond donors (Lipinski definition) is 4. The molecular formula is C17H20O5. The van der Waals surface area contributed by atoms with Crippen molar-refractivity contribution in [2.24, 2.45) is 5.92 Å². The molecule has 0 bridgehead atoms. The minimum atomic E-state index is -1.78. The van der Waals surface area contributed by atoms with Gasteiger partial charge in [0, 0.05) is 0 Å². The molecule has 0 amide bonds. The molecule has 0 heterocycles. The summed E-state index contributed by atoms with van der Waals surface area (Å²) < 4.78 is 5.63. The van der Waals surface area contributed by atoms with E-state index < -0.39 is 18.5 Å². The van der Waals surface area contributed by atoms with Crippen LogP contribution in [0, 0.1) is 5.92 Å². The van der Waals surface area contributed by atoms with Crippen LogP contribution in [-0.2, 0) is 13.0 Å². The van der Waals surface area contributed by atoms with Gasteiger partial charge in [-0.3, -0.25) is 0 Å². The number of rotatable bonds is 7. The summed E-state index contributed by atoms with van der Waals surface area (Å²) in [6, 6.07) is 16.8. The standard InChI is InChI=1S/C17H20O5/c18-16(19)15(17(20)21)10-12-6-8-13(9-7-12)11-22-14-4-2-1-3-5-14/h1-9,15-21H,10-11H2. The van der Waals surface area contributed by atoms with Gasteiger partial charge in [-0.2, -0.15) is 0 Å². The van der Waals surface area contributed by atoms with E-state index in [2.05, 4.69) is 0 Å². The van der Waals surface area contributed by atoms with Crippen LogP contribution < -0.4 is 4.74 Å². The van der Waals surface area contributed by atoms with E-state index >= 15 is 0 Å². The van der Waals surface area contributed by atoms with Gasteiger partial charge in [0.1, 0.15) is 12.4 Å². The highest BCUT2D eigenvalue weighted by Crippen LogP contribution is 2.17. The first-order valence-electron chi connectivity index (χ1n) is 7.04. The molecule has 0 radical (unpaired) electrons. The third-order valence-corrected chi connectivity index (χ3v) is 3.41. The maximum absolute atomic E-state index is 9.12. The lowest BCUT2D eigenvalue weighted by Gasteiger charge is -2.20. The average Bonchev–Trinajstić information content (AvgIpc) is 2.52. The van der Waals surface area contributed by atoms with Crippen LogP contribution in [0.2, 0.25) is 0 Å². The summed E-state index contributed by atoms with van der Waals surface area (Å²) in [7, 11) is 0. The van der Waals surface area contributed by atoms with Crippen LogP contribution >= 0.6 is 0 Å². The van der Waals surface area contributed by atoms with E-state index in [-0.39, 0.29) is 6.42 Å². The molecule has 0 fully saturated rings. The fraction of sp³-hybridized carbons (Fsp3) is 0.294. The molecule has 0 aliphatic rings. The highest BCUT2D eigenvalue weighted by Gasteiger charge is 2.24. The Kier molecular flexibility index (Phi) is 5.91. The van der Waals surface area contributed by atoms with Crippen LogP contribution in [0.1, 0.15) is 11.1 Å². The monoisotopic (exact) mass is 304 g/mol. The Morgan fingerprint density at radius 3 is 1.82 bits per heavy atom. The third-order valence-electron chi connectivity index (χ3n) is 3.41. The zero-order valence-electron chi connectivity index (χ0n) is 12.0. The van der Waals surface area contributed by atoms with Crippen molar-refractivity contribution in [2.45, 2.75) is 25.6 Å². The van der Waals surface area contributed by atoms with Gasteiger partial charge in [-0.15, -0.1) is 0 Å². The Balaban J connectivity index is 1.92. The van der Waals surface area contributed by atoms with Crippen molar-refractivity contribution in [1.82, 2.24) is 0 Å². The van der Waals surface area contributed by atoms with Gasteiger partial charge in [-0.25, -0.2) is 0 Å². The largest absolute Gasteiger partial charge is 0.489 e. The van der Waals surface area contributed by atoms with Crippen molar-refractivity contribution >= 4 is 0 Å². The fourth-order valence-electron chi connectivity index (χ4n) is 2.09. The topological polar surface area (TPSA) is 90.2 Å². The zero-order valence-corrected chi connectivity index (χ0v) is 12.0. The molecule has 0 saturated heterocycles.